The normalized spacial score (nSPS) is 14.4. The summed E-state index contributed by atoms with van der Waals surface area (Å²) >= 11 is 2.93. The second-order valence-electron chi connectivity index (χ2n) is 8.90. The van der Waals surface area contributed by atoms with Crippen LogP contribution in [-0.2, 0) is 4.74 Å². The number of anilines is 1. The zero-order valence-electron chi connectivity index (χ0n) is 20.1. The van der Waals surface area contributed by atoms with Crippen LogP contribution in [0, 0.1) is 5.82 Å². The van der Waals surface area contributed by atoms with Gasteiger partial charge >= 0.3 is 0 Å². The number of carbonyl (C=O) groups is 1. The number of aromatic nitrogens is 2. The van der Waals surface area contributed by atoms with Gasteiger partial charge in [-0.2, -0.15) is 0 Å². The minimum Gasteiger partial charge on any atom is -0.379 e. The number of pyridine rings is 1. The summed E-state index contributed by atoms with van der Waals surface area (Å²) < 4.78 is 20.7. The third-order valence-corrected chi connectivity index (χ3v) is 8.45. The maximum absolute atomic E-state index is 14.5. The van der Waals surface area contributed by atoms with Crippen molar-refractivity contribution < 1.29 is 13.9 Å². The number of thiophene rings is 1. The molecular formula is C28H25FN4O2S2. The number of morpholine rings is 1. The molecule has 3 aromatic heterocycles. The van der Waals surface area contributed by atoms with Crippen LogP contribution >= 0.6 is 22.7 Å². The van der Waals surface area contributed by atoms with E-state index in [0.29, 0.717) is 22.8 Å². The van der Waals surface area contributed by atoms with Crippen molar-refractivity contribution in [3.05, 3.63) is 77.4 Å². The zero-order valence-corrected chi connectivity index (χ0v) is 21.7. The molecule has 0 saturated carbocycles. The maximum atomic E-state index is 14.5. The SMILES string of the molecule is O=C(c1cc(-c2cccs2)nc2ccccc12)N(CCCN1CCOCC1)c1nc2c(F)cccc2s1. The van der Waals surface area contributed by atoms with Crippen LogP contribution < -0.4 is 4.90 Å². The minimum absolute atomic E-state index is 0.155. The summed E-state index contributed by atoms with van der Waals surface area (Å²) in [5.41, 5.74) is 2.40. The van der Waals surface area contributed by atoms with E-state index in [-0.39, 0.29) is 11.7 Å². The molecule has 37 heavy (non-hydrogen) atoms. The van der Waals surface area contributed by atoms with Gasteiger partial charge in [0.25, 0.3) is 5.91 Å². The third-order valence-electron chi connectivity index (χ3n) is 6.51. The standard InChI is InChI=1S/C28H25FN4O2S2/c29-21-7-3-9-25-26(21)31-28(37-25)33(12-5-11-32-13-15-35-16-14-32)27(34)20-18-23(24-10-4-17-36-24)30-22-8-2-1-6-19(20)22/h1-4,6-10,17-18H,5,11-16H2. The van der Waals surface area contributed by atoms with Crippen molar-refractivity contribution in [2.75, 3.05) is 44.3 Å². The van der Waals surface area contributed by atoms with E-state index in [9.17, 15) is 9.18 Å². The number of rotatable bonds is 7. The van der Waals surface area contributed by atoms with Crippen LogP contribution in [-0.4, -0.2) is 60.2 Å². The topological polar surface area (TPSA) is 58.6 Å². The molecule has 9 heteroatoms. The van der Waals surface area contributed by atoms with Gasteiger partial charge in [0.2, 0.25) is 0 Å². The molecule has 1 aliphatic rings. The molecule has 0 aliphatic carbocycles. The van der Waals surface area contributed by atoms with Gasteiger partial charge in [0, 0.05) is 31.6 Å². The van der Waals surface area contributed by atoms with Crippen molar-refractivity contribution in [1.29, 1.82) is 0 Å². The second-order valence-corrected chi connectivity index (χ2v) is 10.9. The highest BCUT2D eigenvalue weighted by molar-refractivity contribution is 7.22. The van der Waals surface area contributed by atoms with Crippen LogP contribution in [0.15, 0.2) is 66.0 Å². The predicted molar refractivity (Wildman–Crippen MR) is 148 cm³/mol. The van der Waals surface area contributed by atoms with Crippen LogP contribution in [0.25, 0.3) is 31.7 Å². The Bertz CT molecular complexity index is 1550. The lowest BCUT2D eigenvalue weighted by atomic mass is 10.1. The van der Waals surface area contributed by atoms with Crippen molar-refractivity contribution in [3.63, 3.8) is 0 Å². The maximum Gasteiger partial charge on any atom is 0.260 e. The van der Waals surface area contributed by atoms with Gasteiger partial charge in [-0.1, -0.05) is 41.7 Å². The molecule has 5 aromatic rings. The highest BCUT2D eigenvalue weighted by atomic mass is 32.1. The average molecular weight is 533 g/mol. The fraction of sp³-hybridized carbons (Fsp3) is 0.250. The number of ether oxygens (including phenoxy) is 1. The lowest BCUT2D eigenvalue weighted by Crippen LogP contribution is -2.39. The van der Waals surface area contributed by atoms with Crippen LogP contribution in [0.1, 0.15) is 16.8 Å². The number of carbonyl (C=O) groups excluding carboxylic acids is 1. The number of para-hydroxylation sites is 2. The Morgan fingerprint density at radius 1 is 1.05 bits per heavy atom. The van der Waals surface area contributed by atoms with Gasteiger partial charge in [-0.3, -0.25) is 14.6 Å². The highest BCUT2D eigenvalue weighted by Gasteiger charge is 2.25. The molecule has 0 unspecified atom stereocenters. The number of halogens is 1. The molecule has 1 saturated heterocycles. The second kappa shape index (κ2) is 10.6. The number of benzene rings is 2. The fourth-order valence-electron chi connectivity index (χ4n) is 4.63. The molecule has 6 rings (SSSR count). The first kappa shape index (κ1) is 24.1. The molecular weight excluding hydrogens is 507 g/mol. The van der Waals surface area contributed by atoms with Gasteiger partial charge in [0.05, 0.1) is 39.6 Å². The Hall–Kier alpha value is -3.24. The van der Waals surface area contributed by atoms with E-state index < -0.39 is 0 Å². The number of hydrogen-bond acceptors (Lipinski definition) is 7. The van der Waals surface area contributed by atoms with E-state index in [4.69, 9.17) is 9.72 Å². The summed E-state index contributed by atoms with van der Waals surface area (Å²) in [6.07, 6.45) is 0.769. The van der Waals surface area contributed by atoms with E-state index in [1.807, 2.05) is 53.9 Å². The Morgan fingerprint density at radius 3 is 2.73 bits per heavy atom. The van der Waals surface area contributed by atoms with Crippen molar-refractivity contribution >= 4 is 54.8 Å². The Labute approximate surface area is 222 Å². The molecule has 6 nitrogen and oxygen atoms in total. The van der Waals surface area contributed by atoms with Crippen LogP contribution in [0.4, 0.5) is 9.52 Å². The monoisotopic (exact) mass is 532 g/mol. The van der Waals surface area contributed by atoms with Crippen molar-refractivity contribution in [2.45, 2.75) is 6.42 Å². The van der Waals surface area contributed by atoms with E-state index in [1.165, 1.54) is 17.4 Å². The van der Waals surface area contributed by atoms with Crippen molar-refractivity contribution in [1.82, 2.24) is 14.9 Å². The van der Waals surface area contributed by atoms with E-state index in [2.05, 4.69) is 9.88 Å². The summed E-state index contributed by atoms with van der Waals surface area (Å²) in [6.45, 7) is 4.56. The molecule has 1 fully saturated rings. The first-order valence-corrected chi connectivity index (χ1v) is 14.0. The third kappa shape index (κ3) is 5.00. The van der Waals surface area contributed by atoms with Gasteiger partial charge in [-0.05, 0) is 42.1 Å². The van der Waals surface area contributed by atoms with Crippen LogP contribution in [0.5, 0.6) is 0 Å². The Kier molecular flexibility index (Phi) is 6.93. The predicted octanol–water partition coefficient (Wildman–Crippen LogP) is 6.08. The van der Waals surface area contributed by atoms with E-state index in [1.54, 1.807) is 22.3 Å². The highest BCUT2D eigenvalue weighted by Crippen LogP contribution is 2.33. The molecule has 2 aromatic carbocycles. The van der Waals surface area contributed by atoms with Gasteiger partial charge in [0.1, 0.15) is 11.3 Å². The first-order chi connectivity index (χ1) is 18.2. The minimum atomic E-state index is -0.380. The lowest BCUT2D eigenvalue weighted by Gasteiger charge is -2.28. The summed E-state index contributed by atoms with van der Waals surface area (Å²) in [4.78, 5) is 28.7. The molecule has 188 valence electrons. The molecule has 0 N–H and O–H groups in total. The number of nitrogens with zero attached hydrogens (tertiary/aromatic N) is 4. The summed E-state index contributed by atoms with van der Waals surface area (Å²) in [7, 11) is 0. The molecule has 1 amide bonds. The van der Waals surface area contributed by atoms with Crippen molar-refractivity contribution in [2.24, 2.45) is 0 Å². The molecule has 0 bridgehead atoms. The van der Waals surface area contributed by atoms with Crippen molar-refractivity contribution in [3.8, 4) is 10.6 Å². The van der Waals surface area contributed by atoms with Gasteiger partial charge in [-0.15, -0.1) is 11.3 Å². The number of amides is 1. The van der Waals surface area contributed by atoms with Gasteiger partial charge in [0.15, 0.2) is 5.13 Å². The summed E-state index contributed by atoms with van der Waals surface area (Å²) in [5.74, 6) is -0.534. The average Bonchev–Trinajstić information content (AvgIpc) is 3.62. The number of thiazole rings is 1. The largest absolute Gasteiger partial charge is 0.379 e. The summed E-state index contributed by atoms with van der Waals surface area (Å²) in [6, 6.07) is 18.5. The molecule has 4 heterocycles. The number of hydrogen-bond donors (Lipinski definition) is 0. The molecule has 0 spiro atoms. The Balaban J connectivity index is 1.40. The Morgan fingerprint density at radius 2 is 1.92 bits per heavy atom. The van der Waals surface area contributed by atoms with E-state index >= 15 is 0 Å². The quantitative estimate of drug-likeness (QED) is 0.254. The molecule has 0 atom stereocenters. The van der Waals surface area contributed by atoms with Crippen LogP contribution in [0.2, 0.25) is 0 Å². The van der Waals surface area contributed by atoms with E-state index in [0.717, 1.165) is 65.4 Å². The zero-order chi connectivity index (χ0) is 25.2. The lowest BCUT2D eigenvalue weighted by molar-refractivity contribution is 0.0376. The van der Waals surface area contributed by atoms with Crippen LogP contribution in [0.3, 0.4) is 0 Å². The van der Waals surface area contributed by atoms with Gasteiger partial charge < -0.3 is 4.74 Å². The van der Waals surface area contributed by atoms with Gasteiger partial charge in [-0.25, -0.2) is 14.4 Å². The fourth-order valence-corrected chi connectivity index (χ4v) is 6.32. The summed E-state index contributed by atoms with van der Waals surface area (Å²) in [5, 5.41) is 3.30. The molecule has 0 radical (unpaired) electrons. The number of fused-ring (bicyclic) bond motifs is 2. The first-order valence-electron chi connectivity index (χ1n) is 12.3. The smallest absolute Gasteiger partial charge is 0.260 e. The molecule has 1 aliphatic heterocycles.